The highest BCUT2D eigenvalue weighted by Crippen LogP contribution is 2.19. The zero-order valence-corrected chi connectivity index (χ0v) is 13.0. The molecule has 1 aromatic carbocycles. The quantitative estimate of drug-likeness (QED) is 0.630. The number of carbonyl (C=O) groups excluding carboxylic acids is 3. The van der Waals surface area contributed by atoms with Gasteiger partial charge in [-0.1, -0.05) is 30.3 Å². The van der Waals surface area contributed by atoms with Gasteiger partial charge in [0.15, 0.2) is 5.69 Å². The van der Waals surface area contributed by atoms with Crippen molar-refractivity contribution in [1.29, 1.82) is 0 Å². The second-order valence-electron chi connectivity index (χ2n) is 5.20. The van der Waals surface area contributed by atoms with E-state index in [2.05, 4.69) is 15.6 Å². The second-order valence-corrected chi connectivity index (χ2v) is 5.20. The highest BCUT2D eigenvalue weighted by Gasteiger charge is 2.36. The maximum absolute atomic E-state index is 12.3. The maximum Gasteiger partial charge on any atom is 0.338 e. The molecule has 0 saturated heterocycles. The van der Waals surface area contributed by atoms with Crippen molar-refractivity contribution in [1.82, 2.24) is 14.9 Å². The number of nitrogens with zero attached hydrogens (tertiary/aromatic N) is 2. The first kappa shape index (κ1) is 15.7. The number of anilines is 1. The van der Waals surface area contributed by atoms with Crippen LogP contribution in [0.4, 0.5) is 5.82 Å². The fourth-order valence-electron chi connectivity index (χ4n) is 2.42. The summed E-state index contributed by atoms with van der Waals surface area (Å²) in [5, 5.41) is 4.93. The number of benzene rings is 1. The molecule has 1 aliphatic heterocycles. The van der Waals surface area contributed by atoms with Gasteiger partial charge in [0.1, 0.15) is 5.82 Å². The summed E-state index contributed by atoms with van der Waals surface area (Å²) in [6.07, 6.45) is 1.47. The molecule has 1 aliphatic rings. The summed E-state index contributed by atoms with van der Waals surface area (Å²) in [4.78, 5) is 40.4. The number of hydrogen-bond acceptors (Lipinski definition) is 5. The van der Waals surface area contributed by atoms with E-state index in [1.807, 2.05) is 30.3 Å². The van der Waals surface area contributed by atoms with Crippen molar-refractivity contribution < 1.29 is 19.1 Å². The highest BCUT2D eigenvalue weighted by molar-refractivity contribution is 6.15. The topological polar surface area (TPSA) is 102 Å². The van der Waals surface area contributed by atoms with Gasteiger partial charge >= 0.3 is 5.97 Å². The predicted octanol–water partition coefficient (Wildman–Crippen LogP) is 0.545. The number of imidazole rings is 1. The number of esters is 1. The summed E-state index contributed by atoms with van der Waals surface area (Å²) in [5.74, 6) is -1.81. The summed E-state index contributed by atoms with van der Waals surface area (Å²) in [5.41, 5.74) is 1.05. The van der Waals surface area contributed by atoms with E-state index in [0.717, 1.165) is 5.56 Å². The molecule has 24 heavy (non-hydrogen) atoms. The highest BCUT2D eigenvalue weighted by atomic mass is 16.5. The van der Waals surface area contributed by atoms with Gasteiger partial charge in [0.05, 0.1) is 19.5 Å². The smallest absolute Gasteiger partial charge is 0.338 e. The lowest BCUT2D eigenvalue weighted by molar-refractivity contribution is -0.147. The SMILES string of the molecule is CCOC(=O)C1NC(=O)c2ncn(Cc3ccccc3)c2NC1=O. The Morgan fingerprint density at radius 2 is 2.04 bits per heavy atom. The first-order chi connectivity index (χ1) is 11.6. The molecular weight excluding hydrogens is 312 g/mol. The predicted molar refractivity (Wildman–Crippen MR) is 84.3 cm³/mol. The lowest BCUT2D eigenvalue weighted by Crippen LogP contribution is -2.48. The van der Waals surface area contributed by atoms with Gasteiger partial charge in [-0.3, -0.25) is 9.59 Å². The number of hydrogen-bond donors (Lipinski definition) is 2. The van der Waals surface area contributed by atoms with Crippen LogP contribution in [0.25, 0.3) is 0 Å². The minimum Gasteiger partial charge on any atom is -0.464 e. The lowest BCUT2D eigenvalue weighted by atomic mass is 10.2. The zero-order chi connectivity index (χ0) is 17.1. The van der Waals surface area contributed by atoms with Gasteiger partial charge in [0.25, 0.3) is 11.8 Å². The van der Waals surface area contributed by atoms with Crippen molar-refractivity contribution >= 4 is 23.6 Å². The van der Waals surface area contributed by atoms with Gasteiger partial charge in [-0.15, -0.1) is 0 Å². The van der Waals surface area contributed by atoms with Crippen molar-refractivity contribution in [3.05, 3.63) is 47.9 Å². The molecule has 0 radical (unpaired) electrons. The average molecular weight is 328 g/mol. The summed E-state index contributed by atoms with van der Waals surface area (Å²) >= 11 is 0. The van der Waals surface area contributed by atoms with Gasteiger partial charge in [-0.2, -0.15) is 0 Å². The molecule has 0 spiro atoms. The van der Waals surface area contributed by atoms with Crippen molar-refractivity contribution in [3.63, 3.8) is 0 Å². The fraction of sp³-hybridized carbons (Fsp3) is 0.250. The fourth-order valence-corrected chi connectivity index (χ4v) is 2.42. The molecule has 2 amide bonds. The van der Waals surface area contributed by atoms with E-state index < -0.39 is 23.8 Å². The number of fused-ring (bicyclic) bond motifs is 1. The van der Waals surface area contributed by atoms with Crippen LogP contribution in [0.2, 0.25) is 0 Å². The number of ether oxygens (including phenoxy) is 1. The second kappa shape index (κ2) is 6.53. The summed E-state index contributed by atoms with van der Waals surface area (Å²) in [6.45, 7) is 2.17. The van der Waals surface area contributed by atoms with Crippen molar-refractivity contribution in [2.75, 3.05) is 11.9 Å². The van der Waals surface area contributed by atoms with E-state index in [1.165, 1.54) is 6.33 Å². The third kappa shape index (κ3) is 2.98. The Hall–Kier alpha value is -3.16. The van der Waals surface area contributed by atoms with E-state index in [9.17, 15) is 14.4 Å². The van der Waals surface area contributed by atoms with Gasteiger partial charge < -0.3 is 19.9 Å². The van der Waals surface area contributed by atoms with Gasteiger partial charge in [-0.25, -0.2) is 9.78 Å². The van der Waals surface area contributed by atoms with Crippen LogP contribution in [-0.4, -0.2) is 40.0 Å². The molecule has 1 aromatic heterocycles. The molecule has 0 saturated carbocycles. The molecule has 2 heterocycles. The first-order valence-electron chi connectivity index (χ1n) is 7.47. The van der Waals surface area contributed by atoms with Crippen molar-refractivity contribution in [2.24, 2.45) is 0 Å². The van der Waals surface area contributed by atoms with E-state index in [1.54, 1.807) is 11.5 Å². The van der Waals surface area contributed by atoms with Gasteiger partial charge in [-0.05, 0) is 12.5 Å². The zero-order valence-electron chi connectivity index (χ0n) is 13.0. The van der Waals surface area contributed by atoms with Crippen LogP contribution < -0.4 is 10.6 Å². The minimum atomic E-state index is -1.39. The van der Waals surface area contributed by atoms with Crippen LogP contribution in [0.15, 0.2) is 36.7 Å². The van der Waals surface area contributed by atoms with E-state index in [-0.39, 0.29) is 18.1 Å². The molecule has 2 N–H and O–H groups in total. The monoisotopic (exact) mass is 328 g/mol. The Kier molecular flexibility index (Phi) is 4.28. The number of carbonyl (C=O) groups is 3. The summed E-state index contributed by atoms with van der Waals surface area (Å²) in [6, 6.07) is 8.15. The molecule has 0 aliphatic carbocycles. The molecule has 3 rings (SSSR count). The third-order valence-electron chi connectivity index (χ3n) is 3.55. The Labute approximate surface area is 137 Å². The Morgan fingerprint density at radius 1 is 1.29 bits per heavy atom. The Morgan fingerprint density at radius 3 is 2.75 bits per heavy atom. The van der Waals surface area contributed by atoms with Crippen LogP contribution in [0.3, 0.4) is 0 Å². The van der Waals surface area contributed by atoms with Crippen molar-refractivity contribution in [2.45, 2.75) is 19.5 Å². The molecule has 1 atom stereocenters. The number of aromatic nitrogens is 2. The molecule has 124 valence electrons. The van der Waals surface area contributed by atoms with E-state index in [0.29, 0.717) is 6.54 Å². The Bertz CT molecular complexity index is 785. The number of rotatable bonds is 4. The van der Waals surface area contributed by atoms with E-state index >= 15 is 0 Å². The Balaban J connectivity index is 1.88. The molecule has 8 nitrogen and oxygen atoms in total. The minimum absolute atomic E-state index is 0.0612. The van der Waals surface area contributed by atoms with Crippen LogP contribution in [0.5, 0.6) is 0 Å². The normalized spacial score (nSPS) is 16.6. The molecule has 1 unspecified atom stereocenters. The first-order valence-corrected chi connectivity index (χ1v) is 7.47. The maximum atomic E-state index is 12.3. The number of nitrogens with one attached hydrogen (secondary N) is 2. The van der Waals surface area contributed by atoms with E-state index in [4.69, 9.17) is 4.74 Å². The standard InChI is InChI=1S/C16H16N4O4/c1-2-24-16(23)12-15(22)19-13-11(14(21)18-12)17-9-20(13)8-10-6-4-3-5-7-10/h3-7,9,12H,2,8H2,1H3,(H,18,21)(H,19,22). The lowest BCUT2D eigenvalue weighted by Gasteiger charge is -2.13. The third-order valence-corrected chi connectivity index (χ3v) is 3.55. The van der Waals surface area contributed by atoms with Crippen LogP contribution in [0.1, 0.15) is 23.0 Å². The molecule has 0 bridgehead atoms. The van der Waals surface area contributed by atoms with Crippen molar-refractivity contribution in [3.8, 4) is 0 Å². The largest absolute Gasteiger partial charge is 0.464 e. The molecular formula is C16H16N4O4. The molecule has 2 aromatic rings. The molecule has 0 fully saturated rings. The summed E-state index contributed by atoms with van der Waals surface area (Å²) < 4.78 is 6.46. The van der Waals surface area contributed by atoms with Gasteiger partial charge in [0.2, 0.25) is 6.04 Å². The average Bonchev–Trinajstić information content (AvgIpc) is 2.90. The van der Waals surface area contributed by atoms with Crippen LogP contribution >= 0.6 is 0 Å². The summed E-state index contributed by atoms with van der Waals surface area (Å²) in [7, 11) is 0. The van der Waals surface area contributed by atoms with Crippen LogP contribution in [0, 0.1) is 0 Å². The van der Waals surface area contributed by atoms with Gasteiger partial charge in [0, 0.05) is 0 Å². The molecule has 8 heteroatoms. The number of amides is 2. The van der Waals surface area contributed by atoms with Crippen LogP contribution in [-0.2, 0) is 20.9 Å².